The predicted molar refractivity (Wildman–Crippen MR) is 104 cm³/mol. The van der Waals surface area contributed by atoms with E-state index in [2.05, 4.69) is 20.5 Å². The summed E-state index contributed by atoms with van der Waals surface area (Å²) >= 11 is 0. The van der Waals surface area contributed by atoms with Crippen molar-refractivity contribution >= 4 is 23.3 Å². The summed E-state index contributed by atoms with van der Waals surface area (Å²) in [4.78, 5) is 30.4. The minimum Gasteiger partial charge on any atom is -0.378 e. The van der Waals surface area contributed by atoms with Crippen molar-refractivity contribution in [1.82, 2.24) is 10.3 Å². The average molecular weight is 368 g/mol. The molecule has 2 N–H and O–H groups in total. The molecule has 0 atom stereocenters. The molecule has 1 fully saturated rings. The standard InChI is InChI=1S/C20H24N4O3/c25-19(8-9-21-20(26)14-16-4-2-1-3-5-16)23-17-6-7-18(22-15-17)24-10-12-27-13-11-24/h1-7,15H,8-14H2,(H,21,26)(H,23,25). The minimum absolute atomic E-state index is 0.0921. The Morgan fingerprint density at radius 3 is 2.52 bits per heavy atom. The van der Waals surface area contributed by atoms with E-state index >= 15 is 0 Å². The molecule has 0 radical (unpaired) electrons. The van der Waals surface area contributed by atoms with Crippen LogP contribution in [0.25, 0.3) is 0 Å². The van der Waals surface area contributed by atoms with Gasteiger partial charge in [-0.15, -0.1) is 0 Å². The largest absolute Gasteiger partial charge is 0.378 e. The number of hydrogen-bond donors (Lipinski definition) is 2. The molecule has 0 aliphatic carbocycles. The quantitative estimate of drug-likeness (QED) is 0.776. The van der Waals surface area contributed by atoms with E-state index in [1.54, 1.807) is 6.20 Å². The molecule has 1 saturated heterocycles. The van der Waals surface area contributed by atoms with Crippen LogP contribution in [0.1, 0.15) is 12.0 Å². The molecular weight excluding hydrogens is 344 g/mol. The summed E-state index contributed by atoms with van der Waals surface area (Å²) in [5.41, 5.74) is 1.60. The lowest BCUT2D eigenvalue weighted by Crippen LogP contribution is -2.36. The summed E-state index contributed by atoms with van der Waals surface area (Å²) in [5.74, 6) is 0.630. The van der Waals surface area contributed by atoms with Crippen LogP contribution in [0, 0.1) is 0 Å². The Bertz CT molecular complexity index is 744. The summed E-state index contributed by atoms with van der Waals surface area (Å²) in [6.07, 6.45) is 2.18. The molecule has 1 aliphatic rings. The van der Waals surface area contributed by atoms with Gasteiger partial charge in [-0.25, -0.2) is 4.98 Å². The molecule has 142 valence electrons. The highest BCUT2D eigenvalue weighted by molar-refractivity contribution is 5.91. The molecule has 2 aromatic rings. The number of anilines is 2. The summed E-state index contributed by atoms with van der Waals surface area (Å²) < 4.78 is 5.33. The van der Waals surface area contributed by atoms with Crippen LogP contribution >= 0.6 is 0 Å². The first-order chi connectivity index (χ1) is 13.2. The number of aromatic nitrogens is 1. The number of nitrogens with zero attached hydrogens (tertiary/aromatic N) is 2. The molecule has 1 aromatic carbocycles. The molecule has 2 heterocycles. The van der Waals surface area contributed by atoms with Gasteiger partial charge in [0.2, 0.25) is 11.8 Å². The fourth-order valence-corrected chi connectivity index (χ4v) is 2.82. The number of carbonyl (C=O) groups is 2. The maximum atomic E-state index is 12.0. The lowest BCUT2D eigenvalue weighted by molar-refractivity contribution is -0.120. The van der Waals surface area contributed by atoms with Gasteiger partial charge in [-0.2, -0.15) is 0 Å². The molecular formula is C20H24N4O3. The lowest BCUT2D eigenvalue weighted by atomic mass is 10.1. The zero-order valence-corrected chi connectivity index (χ0v) is 15.2. The first kappa shape index (κ1) is 18.8. The van der Waals surface area contributed by atoms with Gasteiger partial charge >= 0.3 is 0 Å². The first-order valence-corrected chi connectivity index (χ1v) is 9.10. The van der Waals surface area contributed by atoms with E-state index in [9.17, 15) is 9.59 Å². The van der Waals surface area contributed by atoms with Crippen LogP contribution in [0.15, 0.2) is 48.7 Å². The van der Waals surface area contributed by atoms with Crippen LogP contribution in [-0.2, 0) is 20.7 Å². The highest BCUT2D eigenvalue weighted by Gasteiger charge is 2.12. The SMILES string of the molecule is O=C(Cc1ccccc1)NCCC(=O)Nc1ccc(N2CCOCC2)nc1. The van der Waals surface area contributed by atoms with Gasteiger partial charge in [-0.3, -0.25) is 9.59 Å². The van der Waals surface area contributed by atoms with Crippen molar-refractivity contribution in [3.05, 3.63) is 54.2 Å². The van der Waals surface area contributed by atoms with E-state index in [1.807, 2.05) is 42.5 Å². The Hall–Kier alpha value is -2.93. The number of morpholine rings is 1. The number of rotatable bonds is 7. The van der Waals surface area contributed by atoms with Crippen molar-refractivity contribution in [2.75, 3.05) is 43.1 Å². The smallest absolute Gasteiger partial charge is 0.226 e. The van der Waals surface area contributed by atoms with Crippen molar-refractivity contribution in [2.45, 2.75) is 12.8 Å². The van der Waals surface area contributed by atoms with Gasteiger partial charge in [-0.1, -0.05) is 30.3 Å². The van der Waals surface area contributed by atoms with Crippen LogP contribution in [0.3, 0.4) is 0 Å². The average Bonchev–Trinajstić information content (AvgIpc) is 2.70. The highest BCUT2D eigenvalue weighted by atomic mass is 16.5. The van der Waals surface area contributed by atoms with Crippen LogP contribution in [0.2, 0.25) is 0 Å². The predicted octanol–water partition coefficient (Wildman–Crippen LogP) is 1.61. The molecule has 0 bridgehead atoms. The number of hydrogen-bond acceptors (Lipinski definition) is 5. The summed E-state index contributed by atoms with van der Waals surface area (Å²) in [6.45, 7) is 3.35. The molecule has 1 aromatic heterocycles. The fourth-order valence-electron chi connectivity index (χ4n) is 2.82. The molecule has 0 saturated carbocycles. The van der Waals surface area contributed by atoms with Gasteiger partial charge in [0, 0.05) is 26.1 Å². The first-order valence-electron chi connectivity index (χ1n) is 9.10. The van der Waals surface area contributed by atoms with Gasteiger partial charge in [0.25, 0.3) is 0 Å². The highest BCUT2D eigenvalue weighted by Crippen LogP contribution is 2.15. The minimum atomic E-state index is -0.157. The van der Waals surface area contributed by atoms with Crippen molar-refractivity contribution < 1.29 is 14.3 Å². The number of benzene rings is 1. The number of nitrogens with one attached hydrogen (secondary N) is 2. The Labute approximate surface area is 158 Å². The molecule has 27 heavy (non-hydrogen) atoms. The van der Waals surface area contributed by atoms with Gasteiger partial charge in [0.1, 0.15) is 5.82 Å². The molecule has 2 amide bonds. The van der Waals surface area contributed by atoms with Gasteiger partial charge in [0.05, 0.1) is 31.5 Å². The van der Waals surface area contributed by atoms with E-state index in [0.29, 0.717) is 31.9 Å². The Morgan fingerprint density at radius 1 is 1.04 bits per heavy atom. The molecule has 7 nitrogen and oxygen atoms in total. The maximum Gasteiger partial charge on any atom is 0.226 e. The van der Waals surface area contributed by atoms with Crippen molar-refractivity contribution in [1.29, 1.82) is 0 Å². The molecule has 1 aliphatic heterocycles. The van der Waals surface area contributed by atoms with E-state index in [0.717, 1.165) is 24.5 Å². The third kappa shape index (κ3) is 6.07. The van der Waals surface area contributed by atoms with E-state index < -0.39 is 0 Å². The van der Waals surface area contributed by atoms with E-state index in [1.165, 1.54) is 0 Å². The Balaban J connectivity index is 1.38. The molecule has 0 unspecified atom stereocenters. The lowest BCUT2D eigenvalue weighted by Gasteiger charge is -2.27. The number of carbonyl (C=O) groups excluding carboxylic acids is 2. The molecule has 3 rings (SSSR count). The number of amides is 2. The third-order valence-electron chi connectivity index (χ3n) is 4.25. The summed E-state index contributed by atoms with van der Waals surface area (Å²) in [5, 5.41) is 5.57. The molecule has 7 heteroatoms. The monoisotopic (exact) mass is 368 g/mol. The van der Waals surface area contributed by atoms with Crippen LogP contribution in [-0.4, -0.2) is 49.6 Å². The van der Waals surface area contributed by atoms with Gasteiger partial charge in [-0.05, 0) is 17.7 Å². The van der Waals surface area contributed by atoms with E-state index in [-0.39, 0.29) is 18.2 Å². The Morgan fingerprint density at radius 2 is 1.81 bits per heavy atom. The summed E-state index contributed by atoms with van der Waals surface area (Å²) in [7, 11) is 0. The topological polar surface area (TPSA) is 83.6 Å². The number of ether oxygens (including phenoxy) is 1. The zero-order valence-electron chi connectivity index (χ0n) is 15.2. The second-order valence-corrected chi connectivity index (χ2v) is 6.31. The summed E-state index contributed by atoms with van der Waals surface area (Å²) in [6, 6.07) is 13.2. The van der Waals surface area contributed by atoms with E-state index in [4.69, 9.17) is 4.74 Å². The normalized spacial score (nSPS) is 13.9. The van der Waals surface area contributed by atoms with Crippen molar-refractivity contribution in [3.63, 3.8) is 0 Å². The van der Waals surface area contributed by atoms with Crippen molar-refractivity contribution in [2.24, 2.45) is 0 Å². The third-order valence-corrected chi connectivity index (χ3v) is 4.25. The van der Waals surface area contributed by atoms with Crippen molar-refractivity contribution in [3.8, 4) is 0 Å². The second kappa shape index (κ2) is 9.68. The van der Waals surface area contributed by atoms with Crippen LogP contribution in [0.5, 0.6) is 0 Å². The second-order valence-electron chi connectivity index (χ2n) is 6.31. The number of pyridine rings is 1. The van der Waals surface area contributed by atoms with Gasteiger partial charge < -0.3 is 20.3 Å². The van der Waals surface area contributed by atoms with Crippen LogP contribution in [0.4, 0.5) is 11.5 Å². The maximum absolute atomic E-state index is 12.0. The molecule has 0 spiro atoms. The van der Waals surface area contributed by atoms with Gasteiger partial charge in [0.15, 0.2) is 0 Å². The Kier molecular flexibility index (Phi) is 6.76. The van der Waals surface area contributed by atoms with Crippen LogP contribution < -0.4 is 15.5 Å². The fraction of sp³-hybridized carbons (Fsp3) is 0.350. The zero-order chi connectivity index (χ0) is 18.9.